The maximum Gasteiger partial charge on any atom is 0.290 e. The number of carbonyl (C=O) groups excluding carboxylic acids is 1. The molecule has 0 aliphatic carbocycles. The second-order valence-corrected chi connectivity index (χ2v) is 6.21. The number of hydrogen-bond acceptors (Lipinski definition) is 4. The molecule has 2 heterocycles. The highest BCUT2D eigenvalue weighted by Gasteiger charge is 2.37. The van der Waals surface area contributed by atoms with Gasteiger partial charge in [0.05, 0.1) is 19.3 Å². The predicted molar refractivity (Wildman–Crippen MR) is 90.2 cm³/mol. The number of ether oxygens (including phenoxy) is 1. The zero-order chi connectivity index (χ0) is 17.3. The number of aliphatic hydroxyl groups is 1. The van der Waals surface area contributed by atoms with E-state index in [1.54, 1.807) is 18.1 Å². The Morgan fingerprint density at radius 3 is 2.88 bits per heavy atom. The van der Waals surface area contributed by atoms with Crippen molar-refractivity contribution in [2.24, 2.45) is 0 Å². The fraction of sp³-hybridized carbons (Fsp3) is 0.421. The van der Waals surface area contributed by atoms with E-state index in [0.29, 0.717) is 18.7 Å². The third-order valence-corrected chi connectivity index (χ3v) is 4.57. The van der Waals surface area contributed by atoms with Gasteiger partial charge in [-0.15, -0.1) is 0 Å². The van der Waals surface area contributed by atoms with Gasteiger partial charge in [-0.2, -0.15) is 0 Å². The van der Waals surface area contributed by atoms with Crippen molar-refractivity contribution < 1.29 is 19.1 Å². The SMILES string of the molecule is CCc1oc(C(=O)N2C[C@H](O)C[C@@H]2c2cccc(OC)c2)cc1C. The first-order valence-electron chi connectivity index (χ1n) is 8.25. The molecule has 1 N–H and O–H groups in total. The second kappa shape index (κ2) is 6.69. The number of hydrogen-bond donors (Lipinski definition) is 1. The minimum Gasteiger partial charge on any atom is -0.497 e. The Balaban J connectivity index is 1.90. The van der Waals surface area contributed by atoms with Gasteiger partial charge < -0.3 is 19.2 Å². The third kappa shape index (κ3) is 3.04. The van der Waals surface area contributed by atoms with Gasteiger partial charge in [0.2, 0.25) is 0 Å². The Morgan fingerprint density at radius 1 is 1.42 bits per heavy atom. The van der Waals surface area contributed by atoms with Crippen molar-refractivity contribution in [1.82, 2.24) is 4.90 Å². The zero-order valence-corrected chi connectivity index (χ0v) is 14.3. The van der Waals surface area contributed by atoms with E-state index in [0.717, 1.165) is 29.1 Å². The van der Waals surface area contributed by atoms with Gasteiger partial charge >= 0.3 is 0 Å². The van der Waals surface area contributed by atoms with Crippen molar-refractivity contribution in [2.45, 2.75) is 38.8 Å². The van der Waals surface area contributed by atoms with Crippen molar-refractivity contribution in [3.8, 4) is 5.75 Å². The number of benzene rings is 1. The van der Waals surface area contributed by atoms with Crippen LogP contribution in [-0.2, 0) is 6.42 Å². The number of likely N-dealkylation sites (tertiary alicyclic amines) is 1. The number of furan rings is 1. The number of aryl methyl sites for hydroxylation is 2. The normalized spacial score (nSPS) is 20.4. The molecular weight excluding hydrogens is 306 g/mol. The van der Waals surface area contributed by atoms with Gasteiger partial charge in [-0.25, -0.2) is 0 Å². The maximum atomic E-state index is 12.9. The average molecular weight is 329 g/mol. The second-order valence-electron chi connectivity index (χ2n) is 6.21. The fourth-order valence-electron chi connectivity index (χ4n) is 3.32. The molecule has 128 valence electrons. The molecule has 0 radical (unpaired) electrons. The standard InChI is InChI=1S/C19H23NO4/c1-4-17-12(2)8-18(24-17)19(22)20-11-14(21)10-16(20)13-6-5-7-15(9-13)23-3/h5-9,14,16,21H,4,10-11H2,1-3H3/t14-,16-/m1/s1. The van der Waals surface area contributed by atoms with Crippen molar-refractivity contribution >= 4 is 5.91 Å². The number of carbonyl (C=O) groups is 1. The van der Waals surface area contributed by atoms with E-state index in [9.17, 15) is 9.90 Å². The minimum absolute atomic E-state index is 0.179. The Bertz CT molecular complexity index is 737. The van der Waals surface area contributed by atoms with E-state index >= 15 is 0 Å². The largest absolute Gasteiger partial charge is 0.497 e. The minimum atomic E-state index is -0.535. The molecule has 1 saturated heterocycles. The molecule has 1 aromatic carbocycles. The van der Waals surface area contributed by atoms with Crippen LogP contribution in [0.15, 0.2) is 34.7 Å². The van der Waals surface area contributed by atoms with E-state index < -0.39 is 6.10 Å². The van der Waals surface area contributed by atoms with E-state index in [4.69, 9.17) is 9.15 Å². The lowest BCUT2D eigenvalue weighted by atomic mass is 10.0. The summed E-state index contributed by atoms with van der Waals surface area (Å²) in [6.07, 6.45) is 0.729. The first-order valence-corrected chi connectivity index (χ1v) is 8.25. The lowest BCUT2D eigenvalue weighted by Crippen LogP contribution is -2.31. The zero-order valence-electron chi connectivity index (χ0n) is 14.3. The van der Waals surface area contributed by atoms with Crippen molar-refractivity contribution in [1.29, 1.82) is 0 Å². The number of nitrogens with zero attached hydrogens (tertiary/aromatic N) is 1. The molecule has 1 aromatic heterocycles. The van der Waals surface area contributed by atoms with Gasteiger partial charge in [0.15, 0.2) is 5.76 Å². The summed E-state index contributed by atoms with van der Waals surface area (Å²) in [6, 6.07) is 9.23. The first-order chi connectivity index (χ1) is 11.5. The van der Waals surface area contributed by atoms with Crippen LogP contribution in [0.25, 0.3) is 0 Å². The molecule has 1 amide bonds. The topological polar surface area (TPSA) is 62.9 Å². The van der Waals surface area contributed by atoms with Crippen LogP contribution in [0.5, 0.6) is 5.75 Å². The van der Waals surface area contributed by atoms with E-state index in [-0.39, 0.29) is 11.9 Å². The number of aliphatic hydroxyl groups excluding tert-OH is 1. The van der Waals surface area contributed by atoms with E-state index in [2.05, 4.69) is 0 Å². The molecule has 5 heteroatoms. The Kier molecular flexibility index (Phi) is 4.62. The summed E-state index contributed by atoms with van der Waals surface area (Å²) >= 11 is 0. The summed E-state index contributed by atoms with van der Waals surface area (Å²) in [5.74, 6) is 1.73. The lowest BCUT2D eigenvalue weighted by Gasteiger charge is -2.24. The molecule has 1 aliphatic rings. The Hall–Kier alpha value is -2.27. The van der Waals surface area contributed by atoms with Crippen molar-refractivity contribution in [2.75, 3.05) is 13.7 Å². The third-order valence-electron chi connectivity index (χ3n) is 4.57. The highest BCUT2D eigenvalue weighted by Crippen LogP contribution is 2.35. The molecule has 0 saturated carbocycles. The van der Waals surface area contributed by atoms with Gasteiger partial charge in [-0.05, 0) is 42.7 Å². The molecule has 5 nitrogen and oxygen atoms in total. The average Bonchev–Trinajstić information content (AvgIpc) is 3.17. The molecule has 1 fully saturated rings. The summed E-state index contributed by atoms with van der Waals surface area (Å²) in [6.45, 7) is 4.25. The van der Waals surface area contributed by atoms with Crippen LogP contribution in [0.3, 0.4) is 0 Å². The summed E-state index contributed by atoms with van der Waals surface area (Å²) in [5.41, 5.74) is 1.94. The van der Waals surface area contributed by atoms with Crippen LogP contribution in [0, 0.1) is 6.92 Å². The van der Waals surface area contributed by atoms with Crippen LogP contribution in [0.2, 0.25) is 0 Å². The maximum absolute atomic E-state index is 12.9. The number of rotatable bonds is 4. The number of methoxy groups -OCH3 is 1. The van der Waals surface area contributed by atoms with Gasteiger partial charge in [0.1, 0.15) is 11.5 Å². The monoisotopic (exact) mass is 329 g/mol. The molecule has 3 rings (SSSR count). The summed E-state index contributed by atoms with van der Waals surface area (Å²) < 4.78 is 11.0. The van der Waals surface area contributed by atoms with Gasteiger partial charge in [-0.1, -0.05) is 19.1 Å². The van der Waals surface area contributed by atoms with Gasteiger partial charge in [0.25, 0.3) is 5.91 Å². The first kappa shape index (κ1) is 16.6. The quantitative estimate of drug-likeness (QED) is 0.936. The lowest BCUT2D eigenvalue weighted by molar-refractivity contribution is 0.0682. The van der Waals surface area contributed by atoms with Crippen LogP contribution < -0.4 is 4.74 Å². The van der Waals surface area contributed by atoms with Crippen LogP contribution >= 0.6 is 0 Å². The van der Waals surface area contributed by atoms with Crippen LogP contribution in [0.1, 0.15) is 46.8 Å². The molecule has 0 spiro atoms. The van der Waals surface area contributed by atoms with Crippen molar-refractivity contribution in [3.63, 3.8) is 0 Å². The molecule has 0 unspecified atom stereocenters. The molecule has 1 aliphatic heterocycles. The molecule has 24 heavy (non-hydrogen) atoms. The molecule has 2 atom stereocenters. The highest BCUT2D eigenvalue weighted by molar-refractivity contribution is 5.92. The Morgan fingerprint density at radius 2 is 2.21 bits per heavy atom. The van der Waals surface area contributed by atoms with Crippen LogP contribution in [-0.4, -0.2) is 35.7 Å². The smallest absolute Gasteiger partial charge is 0.290 e. The fourth-order valence-corrected chi connectivity index (χ4v) is 3.32. The number of amides is 1. The predicted octanol–water partition coefficient (Wildman–Crippen LogP) is 3.11. The van der Waals surface area contributed by atoms with Crippen molar-refractivity contribution in [3.05, 3.63) is 53.0 Å². The van der Waals surface area contributed by atoms with Gasteiger partial charge in [0, 0.05) is 13.0 Å². The summed E-state index contributed by atoms with van der Waals surface area (Å²) in [5, 5.41) is 10.1. The van der Waals surface area contributed by atoms with E-state index in [1.807, 2.05) is 38.1 Å². The molecule has 0 bridgehead atoms. The summed E-state index contributed by atoms with van der Waals surface area (Å²) in [7, 11) is 1.61. The van der Waals surface area contributed by atoms with Gasteiger partial charge in [-0.3, -0.25) is 4.79 Å². The summed E-state index contributed by atoms with van der Waals surface area (Å²) in [4.78, 5) is 14.6. The molecular formula is C19H23NO4. The van der Waals surface area contributed by atoms with Crippen LogP contribution in [0.4, 0.5) is 0 Å². The Labute approximate surface area is 141 Å². The molecule has 2 aromatic rings. The van der Waals surface area contributed by atoms with E-state index in [1.165, 1.54) is 0 Å². The highest BCUT2D eigenvalue weighted by atomic mass is 16.5. The number of β-amino-alcohol motifs (C(OH)–C–C–N with tert-alkyl or cyclic N) is 1.